The third kappa shape index (κ3) is 2.28. The summed E-state index contributed by atoms with van der Waals surface area (Å²) in [4.78, 5) is 12.1. The average Bonchev–Trinajstić information content (AvgIpc) is 3.19. The summed E-state index contributed by atoms with van der Waals surface area (Å²) < 4.78 is 12.3. The summed E-state index contributed by atoms with van der Waals surface area (Å²) in [5, 5.41) is 0. The number of ketones is 1. The van der Waals surface area contributed by atoms with Crippen molar-refractivity contribution >= 4 is 5.78 Å². The van der Waals surface area contributed by atoms with E-state index in [0.717, 1.165) is 50.2 Å². The van der Waals surface area contributed by atoms with Gasteiger partial charge in [0.2, 0.25) is 0 Å². The summed E-state index contributed by atoms with van der Waals surface area (Å²) in [6.07, 6.45) is 10.8. The molecule has 0 aromatic carbocycles. The van der Waals surface area contributed by atoms with Gasteiger partial charge in [-0.3, -0.25) is 4.79 Å². The molecule has 3 nitrogen and oxygen atoms in total. The third-order valence-electron chi connectivity index (χ3n) is 9.98. The molecule has 0 bridgehead atoms. The molecule has 0 amide bonds. The predicted molar refractivity (Wildman–Crippen MR) is 101 cm³/mol. The Kier molecular flexibility index (Phi) is 3.94. The topological polar surface area (TPSA) is 35.5 Å². The van der Waals surface area contributed by atoms with Gasteiger partial charge in [-0.15, -0.1) is 0 Å². The van der Waals surface area contributed by atoms with Gasteiger partial charge in [0, 0.05) is 18.8 Å². The quantitative estimate of drug-likeness (QED) is 0.662. The van der Waals surface area contributed by atoms with Crippen LogP contribution in [0.15, 0.2) is 0 Å². The molecule has 26 heavy (non-hydrogen) atoms. The maximum absolute atomic E-state index is 12.1. The van der Waals surface area contributed by atoms with Crippen molar-refractivity contribution in [1.82, 2.24) is 0 Å². The number of carbonyl (C=O) groups is 1. The van der Waals surface area contributed by atoms with Gasteiger partial charge in [-0.1, -0.05) is 13.8 Å². The Morgan fingerprint density at radius 2 is 1.58 bits per heavy atom. The van der Waals surface area contributed by atoms with Crippen LogP contribution in [0.1, 0.15) is 78.6 Å². The van der Waals surface area contributed by atoms with Crippen LogP contribution in [-0.2, 0) is 14.3 Å². The highest BCUT2D eigenvalue weighted by Gasteiger charge is 2.63. The van der Waals surface area contributed by atoms with Crippen LogP contribution < -0.4 is 0 Å². The second kappa shape index (κ2) is 5.80. The smallest absolute Gasteiger partial charge is 0.169 e. The molecule has 0 N–H and O–H groups in total. The van der Waals surface area contributed by atoms with Gasteiger partial charge in [0.05, 0.1) is 13.2 Å². The lowest BCUT2D eigenvalue weighted by Crippen LogP contribution is -2.55. The number of fused-ring (bicyclic) bond motifs is 5. The van der Waals surface area contributed by atoms with E-state index in [9.17, 15) is 4.79 Å². The van der Waals surface area contributed by atoms with Gasteiger partial charge >= 0.3 is 0 Å². The van der Waals surface area contributed by atoms with Crippen molar-refractivity contribution in [3.63, 3.8) is 0 Å². The molecule has 1 aliphatic heterocycles. The molecule has 5 fully saturated rings. The van der Waals surface area contributed by atoms with Crippen LogP contribution in [0, 0.1) is 40.4 Å². The van der Waals surface area contributed by atoms with Crippen molar-refractivity contribution in [3.05, 3.63) is 0 Å². The van der Waals surface area contributed by atoms with E-state index in [2.05, 4.69) is 20.8 Å². The van der Waals surface area contributed by atoms with Crippen LogP contribution in [0.25, 0.3) is 0 Å². The standard InChI is InChI=1S/C23H36O3/c1-21-10-8-16(24)14-15(21)4-5-17-18-6-7-20(23(3)25-12-13-26-23)22(18,2)11-9-19(17)21/h15,17-20H,4-14H2,1-3H3/t15?,17-,18-,19-,20-,21-,22-/m0/s1. The number of ether oxygens (including phenoxy) is 2. The zero-order valence-corrected chi connectivity index (χ0v) is 16.9. The minimum Gasteiger partial charge on any atom is -0.348 e. The number of hydrogen-bond donors (Lipinski definition) is 0. The molecule has 7 atom stereocenters. The minimum atomic E-state index is -0.352. The van der Waals surface area contributed by atoms with Crippen LogP contribution in [0.2, 0.25) is 0 Å². The van der Waals surface area contributed by atoms with Crippen molar-refractivity contribution in [2.45, 2.75) is 84.3 Å². The number of carbonyl (C=O) groups excluding carboxylic acids is 1. The number of rotatable bonds is 1. The van der Waals surface area contributed by atoms with E-state index >= 15 is 0 Å². The van der Waals surface area contributed by atoms with Crippen LogP contribution in [0.5, 0.6) is 0 Å². The molecule has 1 heterocycles. The van der Waals surface area contributed by atoms with Gasteiger partial charge < -0.3 is 9.47 Å². The van der Waals surface area contributed by atoms with Crippen LogP contribution in [-0.4, -0.2) is 24.8 Å². The summed E-state index contributed by atoms with van der Waals surface area (Å²) in [6.45, 7) is 8.82. The minimum absolute atomic E-state index is 0.352. The van der Waals surface area contributed by atoms with E-state index in [-0.39, 0.29) is 5.79 Å². The van der Waals surface area contributed by atoms with E-state index in [1.807, 2.05) is 0 Å². The molecular formula is C23H36O3. The van der Waals surface area contributed by atoms with Gasteiger partial charge in [-0.2, -0.15) is 0 Å². The lowest BCUT2D eigenvalue weighted by Gasteiger charge is -2.60. The molecule has 1 saturated heterocycles. The average molecular weight is 361 g/mol. The van der Waals surface area contributed by atoms with E-state index in [1.54, 1.807) is 0 Å². The van der Waals surface area contributed by atoms with E-state index < -0.39 is 0 Å². The zero-order valence-electron chi connectivity index (χ0n) is 16.9. The Labute approximate surface area is 158 Å². The molecule has 4 aliphatic carbocycles. The lowest BCUT2D eigenvalue weighted by atomic mass is 9.44. The molecule has 0 spiro atoms. The van der Waals surface area contributed by atoms with Crippen molar-refractivity contribution in [2.24, 2.45) is 40.4 Å². The van der Waals surface area contributed by atoms with Crippen molar-refractivity contribution < 1.29 is 14.3 Å². The van der Waals surface area contributed by atoms with Crippen LogP contribution in [0.3, 0.4) is 0 Å². The second-order valence-corrected chi connectivity index (χ2v) is 10.8. The first-order valence-electron chi connectivity index (χ1n) is 11.2. The first-order valence-corrected chi connectivity index (χ1v) is 11.2. The largest absolute Gasteiger partial charge is 0.348 e. The maximum atomic E-state index is 12.1. The van der Waals surface area contributed by atoms with Crippen molar-refractivity contribution in [2.75, 3.05) is 13.2 Å². The molecule has 5 rings (SSSR count). The van der Waals surface area contributed by atoms with Gasteiger partial charge in [0.1, 0.15) is 5.78 Å². The predicted octanol–water partition coefficient (Wildman–Crippen LogP) is 4.98. The molecule has 146 valence electrons. The fourth-order valence-corrected chi connectivity index (χ4v) is 8.64. The first kappa shape index (κ1) is 17.7. The normalized spacial score (nSPS) is 53.0. The van der Waals surface area contributed by atoms with Crippen molar-refractivity contribution in [1.29, 1.82) is 0 Å². The molecule has 0 aromatic rings. The van der Waals surface area contributed by atoms with E-state index in [4.69, 9.17) is 9.47 Å². The van der Waals surface area contributed by atoms with Crippen molar-refractivity contribution in [3.8, 4) is 0 Å². The monoisotopic (exact) mass is 360 g/mol. The maximum Gasteiger partial charge on any atom is 0.169 e. The first-order chi connectivity index (χ1) is 12.4. The van der Waals surface area contributed by atoms with E-state index in [1.165, 1.54) is 38.5 Å². The molecule has 3 heteroatoms. The highest BCUT2D eigenvalue weighted by Crippen LogP contribution is 2.68. The zero-order chi connectivity index (χ0) is 18.2. The SMILES string of the molecule is CC1([C@H]2CC[C@H]3[C@@H]4CCC5CC(=O)CC[C@]5(C)[C@H]4CC[C@]23C)OCCO1. The summed E-state index contributed by atoms with van der Waals surface area (Å²) in [5.41, 5.74) is 0.786. The molecule has 0 radical (unpaired) electrons. The second-order valence-electron chi connectivity index (χ2n) is 10.8. The summed E-state index contributed by atoms with van der Waals surface area (Å²) in [5.74, 6) is 3.90. The Morgan fingerprint density at radius 1 is 0.846 bits per heavy atom. The molecule has 1 unspecified atom stereocenters. The Balaban J connectivity index is 1.42. The summed E-state index contributed by atoms with van der Waals surface area (Å²) >= 11 is 0. The molecule has 5 aliphatic rings. The fraction of sp³-hybridized carbons (Fsp3) is 0.957. The summed E-state index contributed by atoms with van der Waals surface area (Å²) in [6, 6.07) is 0. The van der Waals surface area contributed by atoms with Crippen LogP contribution in [0.4, 0.5) is 0 Å². The van der Waals surface area contributed by atoms with Crippen LogP contribution >= 0.6 is 0 Å². The Bertz CT molecular complexity index is 594. The fourth-order valence-electron chi connectivity index (χ4n) is 8.64. The Morgan fingerprint density at radius 3 is 2.35 bits per heavy atom. The van der Waals surface area contributed by atoms with E-state index in [0.29, 0.717) is 28.4 Å². The summed E-state index contributed by atoms with van der Waals surface area (Å²) in [7, 11) is 0. The highest BCUT2D eigenvalue weighted by atomic mass is 16.7. The molecule has 0 aromatic heterocycles. The third-order valence-corrected chi connectivity index (χ3v) is 9.98. The van der Waals surface area contributed by atoms with Gasteiger partial charge in [0.15, 0.2) is 5.79 Å². The van der Waals surface area contributed by atoms with Gasteiger partial charge in [-0.05, 0) is 86.4 Å². The van der Waals surface area contributed by atoms with Gasteiger partial charge in [-0.25, -0.2) is 0 Å². The Hall–Kier alpha value is -0.410. The number of hydrogen-bond acceptors (Lipinski definition) is 3. The number of Topliss-reactive ketones (excluding diaryl/α,β-unsaturated/α-hetero) is 1. The highest BCUT2D eigenvalue weighted by molar-refractivity contribution is 5.79. The molecule has 4 saturated carbocycles. The van der Waals surface area contributed by atoms with Gasteiger partial charge in [0.25, 0.3) is 0 Å². The molecular weight excluding hydrogens is 324 g/mol. The lowest BCUT2D eigenvalue weighted by molar-refractivity contribution is -0.217.